The van der Waals surface area contributed by atoms with Crippen molar-refractivity contribution in [3.8, 4) is 0 Å². The largest absolute Gasteiger partial charge is 0.468 e. The minimum Gasteiger partial charge on any atom is -0.468 e. The number of Topliss-reactive ketones (excluding diaryl/α,β-unsaturated/α-hetero) is 1. The van der Waals surface area contributed by atoms with Crippen molar-refractivity contribution in [2.45, 2.75) is 51.4 Å². The van der Waals surface area contributed by atoms with Crippen LogP contribution in [0.1, 0.15) is 57.1 Å². The van der Waals surface area contributed by atoms with E-state index in [2.05, 4.69) is 10.2 Å². The van der Waals surface area contributed by atoms with Gasteiger partial charge in [0.25, 0.3) is 5.69 Å². The fourth-order valence-corrected chi connectivity index (χ4v) is 6.36. The predicted octanol–water partition coefficient (Wildman–Crippen LogP) is 4.43. The van der Waals surface area contributed by atoms with Crippen molar-refractivity contribution >= 4 is 23.9 Å². The fraction of sp³-hybridized carbons (Fsp3) is 0.406. The van der Waals surface area contributed by atoms with Crippen LogP contribution in [-0.4, -0.2) is 66.2 Å². The molecule has 1 amide bonds. The number of nitro groups is 1. The molecule has 2 aliphatic heterocycles. The Kier molecular flexibility index (Phi) is 9.57. The molecule has 0 radical (unpaired) electrons. The smallest absolute Gasteiger partial charge is 0.316 e. The van der Waals surface area contributed by atoms with E-state index < -0.39 is 16.3 Å². The molecule has 42 heavy (non-hydrogen) atoms. The number of hydrogen-bond acceptors (Lipinski definition) is 8. The Bertz CT molecular complexity index is 1390. The third-order valence-electron chi connectivity index (χ3n) is 8.46. The summed E-state index contributed by atoms with van der Waals surface area (Å²) in [5.74, 6) is -0.897. The minimum atomic E-state index is -0.664. The van der Waals surface area contributed by atoms with Gasteiger partial charge in [0.05, 0.1) is 29.1 Å². The third-order valence-corrected chi connectivity index (χ3v) is 8.46. The van der Waals surface area contributed by atoms with Crippen LogP contribution in [0.25, 0.3) is 0 Å². The van der Waals surface area contributed by atoms with Gasteiger partial charge in [-0.3, -0.25) is 24.5 Å². The van der Waals surface area contributed by atoms with Crippen LogP contribution in [0.3, 0.4) is 0 Å². The van der Waals surface area contributed by atoms with E-state index in [4.69, 9.17) is 4.74 Å². The zero-order chi connectivity index (χ0) is 30.4. The Balaban J connectivity index is 1.49. The molecule has 10 heteroatoms. The molecule has 4 rings (SSSR count). The molecular weight excluding hydrogens is 536 g/mol. The second kappa shape index (κ2) is 13.1. The molecular formula is C32H38N4O6. The molecule has 1 N–H and O–H groups in total. The molecule has 2 aliphatic rings. The van der Waals surface area contributed by atoms with Crippen LogP contribution in [0.5, 0.6) is 0 Å². The molecule has 0 saturated carbocycles. The number of carbonyl (C=O) groups is 3. The molecule has 1 fully saturated rings. The highest BCUT2D eigenvalue weighted by Gasteiger charge is 2.44. The average Bonchev–Trinajstić information content (AvgIpc) is 2.99. The standard InChI is InChI=1S/C32H38N4O6/c1-22-28(24(3)38)29(25-11-13-27(14-12-25)36(40)41)30(23(2)33-22)35(21-37)18-8-17-34-19-15-32(16-20-34,31(39)42-4)26-9-6-5-7-10-26/h5-7,9-14,21,29,33H,8,15-20H2,1-4H3. The third kappa shape index (κ3) is 6.13. The van der Waals surface area contributed by atoms with E-state index in [-0.39, 0.29) is 17.4 Å². The van der Waals surface area contributed by atoms with E-state index in [1.807, 2.05) is 44.2 Å². The number of carbonyl (C=O) groups excluding carboxylic acids is 3. The van der Waals surface area contributed by atoms with Gasteiger partial charge in [0.1, 0.15) is 0 Å². The lowest BCUT2D eigenvalue weighted by Crippen LogP contribution is -2.48. The van der Waals surface area contributed by atoms with E-state index >= 15 is 0 Å². The number of rotatable bonds is 11. The molecule has 0 spiro atoms. The number of methoxy groups -OCH3 is 1. The normalized spacial score (nSPS) is 18.7. The van der Waals surface area contributed by atoms with Crippen LogP contribution in [0.15, 0.2) is 77.3 Å². The second-order valence-electron chi connectivity index (χ2n) is 10.9. The lowest BCUT2D eigenvalue weighted by atomic mass is 9.72. The molecule has 0 aromatic heterocycles. The highest BCUT2D eigenvalue weighted by Crippen LogP contribution is 2.40. The van der Waals surface area contributed by atoms with Gasteiger partial charge >= 0.3 is 5.97 Å². The van der Waals surface area contributed by atoms with Crippen LogP contribution in [0.2, 0.25) is 0 Å². The van der Waals surface area contributed by atoms with Crippen LogP contribution in [-0.2, 0) is 24.5 Å². The average molecular weight is 575 g/mol. The number of ketones is 1. The molecule has 222 valence electrons. The summed E-state index contributed by atoms with van der Waals surface area (Å²) in [5.41, 5.74) is 3.58. The Morgan fingerprint density at radius 2 is 1.74 bits per heavy atom. The van der Waals surface area contributed by atoms with E-state index in [9.17, 15) is 24.5 Å². The lowest BCUT2D eigenvalue weighted by Gasteiger charge is -2.40. The van der Waals surface area contributed by atoms with Gasteiger partial charge in [0, 0.05) is 35.6 Å². The first-order valence-electron chi connectivity index (χ1n) is 14.1. The van der Waals surface area contributed by atoms with Crippen LogP contribution in [0, 0.1) is 10.1 Å². The van der Waals surface area contributed by atoms with E-state index in [0.717, 1.165) is 37.3 Å². The summed E-state index contributed by atoms with van der Waals surface area (Å²) in [4.78, 5) is 52.9. The van der Waals surface area contributed by atoms with Crippen molar-refractivity contribution in [2.75, 3.05) is 33.3 Å². The summed E-state index contributed by atoms with van der Waals surface area (Å²) < 4.78 is 5.21. The number of benzene rings is 2. The molecule has 1 unspecified atom stereocenters. The van der Waals surface area contributed by atoms with Gasteiger partial charge in [0.15, 0.2) is 5.78 Å². The quantitative estimate of drug-likeness (QED) is 0.181. The highest BCUT2D eigenvalue weighted by molar-refractivity contribution is 5.97. The van der Waals surface area contributed by atoms with Gasteiger partial charge in [0.2, 0.25) is 6.41 Å². The van der Waals surface area contributed by atoms with E-state index in [0.29, 0.717) is 48.3 Å². The Morgan fingerprint density at radius 3 is 2.29 bits per heavy atom. The van der Waals surface area contributed by atoms with E-state index in [1.165, 1.54) is 26.2 Å². The Morgan fingerprint density at radius 1 is 1.10 bits per heavy atom. The maximum absolute atomic E-state index is 12.9. The molecule has 0 aliphatic carbocycles. The van der Waals surface area contributed by atoms with Crippen LogP contribution >= 0.6 is 0 Å². The zero-order valence-corrected chi connectivity index (χ0v) is 24.6. The number of nitrogens with one attached hydrogen (secondary N) is 1. The van der Waals surface area contributed by atoms with Crippen LogP contribution < -0.4 is 5.32 Å². The predicted molar refractivity (Wildman–Crippen MR) is 158 cm³/mol. The number of dihydropyridines is 1. The summed E-state index contributed by atoms with van der Waals surface area (Å²) in [5, 5.41) is 14.5. The van der Waals surface area contributed by atoms with Crippen molar-refractivity contribution in [3.63, 3.8) is 0 Å². The second-order valence-corrected chi connectivity index (χ2v) is 10.9. The first kappa shape index (κ1) is 30.6. The first-order chi connectivity index (χ1) is 20.1. The number of hydrogen-bond donors (Lipinski definition) is 1. The SMILES string of the molecule is COC(=O)C1(c2ccccc2)CCN(CCCN(C=O)C2=C(C)NC(C)=C(C(C)=O)C2c2ccc([N+](=O)[O-])cc2)CC1. The number of allylic oxidation sites excluding steroid dienone is 3. The molecule has 2 aromatic carbocycles. The van der Waals surface area contributed by atoms with Gasteiger partial charge in [-0.05, 0) is 70.8 Å². The minimum absolute atomic E-state index is 0.0442. The van der Waals surface area contributed by atoms with Crippen LogP contribution in [0.4, 0.5) is 5.69 Å². The molecule has 10 nitrogen and oxygen atoms in total. The molecule has 2 heterocycles. The summed E-state index contributed by atoms with van der Waals surface area (Å²) >= 11 is 0. The Labute approximate surface area is 246 Å². The maximum atomic E-state index is 12.9. The van der Waals surface area contributed by atoms with Crippen molar-refractivity contribution in [2.24, 2.45) is 0 Å². The van der Waals surface area contributed by atoms with Gasteiger partial charge in [-0.1, -0.05) is 42.5 Å². The van der Waals surface area contributed by atoms with Crippen molar-refractivity contribution < 1.29 is 24.0 Å². The molecule has 2 aromatic rings. The summed E-state index contributed by atoms with van der Waals surface area (Å²) in [6.07, 6.45) is 2.75. The topological polar surface area (TPSA) is 122 Å². The number of non-ortho nitro benzene ring substituents is 1. The molecule has 1 atom stereocenters. The summed E-state index contributed by atoms with van der Waals surface area (Å²) in [7, 11) is 1.43. The number of amides is 1. The van der Waals surface area contributed by atoms with Gasteiger partial charge in [-0.2, -0.15) is 0 Å². The van der Waals surface area contributed by atoms with Gasteiger partial charge < -0.3 is 19.9 Å². The molecule has 1 saturated heterocycles. The first-order valence-corrected chi connectivity index (χ1v) is 14.1. The number of ether oxygens (including phenoxy) is 1. The number of nitro benzene ring substituents is 1. The lowest BCUT2D eigenvalue weighted by molar-refractivity contribution is -0.384. The zero-order valence-electron chi connectivity index (χ0n) is 24.6. The van der Waals surface area contributed by atoms with Gasteiger partial charge in [-0.15, -0.1) is 0 Å². The number of piperidine rings is 1. The number of likely N-dealkylation sites (tertiary alicyclic amines) is 1. The highest BCUT2D eigenvalue weighted by atomic mass is 16.6. The number of esters is 1. The summed E-state index contributed by atoms with van der Waals surface area (Å²) in [6.45, 7) is 7.76. The van der Waals surface area contributed by atoms with Crippen molar-refractivity contribution in [1.82, 2.24) is 15.1 Å². The van der Waals surface area contributed by atoms with E-state index in [1.54, 1.807) is 17.0 Å². The van der Waals surface area contributed by atoms with Crippen molar-refractivity contribution in [3.05, 3.63) is 98.5 Å². The fourth-order valence-electron chi connectivity index (χ4n) is 6.36. The monoisotopic (exact) mass is 574 g/mol. The Hall–Kier alpha value is -4.31. The molecule has 0 bridgehead atoms. The number of nitrogens with zero attached hydrogens (tertiary/aromatic N) is 3. The van der Waals surface area contributed by atoms with Crippen molar-refractivity contribution in [1.29, 1.82) is 0 Å². The maximum Gasteiger partial charge on any atom is 0.316 e. The van der Waals surface area contributed by atoms with Gasteiger partial charge in [-0.25, -0.2) is 0 Å². The summed E-state index contributed by atoms with van der Waals surface area (Å²) in [6, 6.07) is 15.9.